The number of nitrogens with two attached hydrogens (primary N) is 1. The first-order valence-corrected chi connectivity index (χ1v) is 17.9. The molecule has 0 saturated carbocycles. The second kappa shape index (κ2) is 17.6. The fourth-order valence-electron chi connectivity index (χ4n) is 6.57. The van der Waals surface area contributed by atoms with E-state index in [-0.39, 0.29) is 37.6 Å². The topological polar surface area (TPSA) is 215 Å². The molecule has 4 amide bonds. The van der Waals surface area contributed by atoms with Crippen LogP contribution < -0.4 is 16.4 Å². The van der Waals surface area contributed by atoms with E-state index in [4.69, 9.17) is 19.6 Å². The predicted octanol–water partition coefficient (Wildman–Crippen LogP) is 3.61. The lowest BCUT2D eigenvalue weighted by atomic mass is 10.0. The van der Waals surface area contributed by atoms with E-state index in [1.807, 2.05) is 18.2 Å². The van der Waals surface area contributed by atoms with Crippen LogP contribution in [0.1, 0.15) is 72.9 Å². The van der Waals surface area contributed by atoms with Crippen LogP contribution in [-0.2, 0) is 25.7 Å². The Morgan fingerprint density at radius 1 is 0.981 bits per heavy atom. The molecule has 2 saturated heterocycles. The van der Waals surface area contributed by atoms with Crippen LogP contribution in [0.4, 0.5) is 9.59 Å². The van der Waals surface area contributed by atoms with Gasteiger partial charge in [-0.2, -0.15) is 0 Å². The van der Waals surface area contributed by atoms with Crippen LogP contribution in [0.5, 0.6) is 0 Å². The molecule has 53 heavy (non-hydrogen) atoms. The zero-order chi connectivity index (χ0) is 37.2. The van der Waals surface area contributed by atoms with Gasteiger partial charge in [0.2, 0.25) is 11.7 Å². The van der Waals surface area contributed by atoms with Gasteiger partial charge < -0.3 is 45.0 Å². The summed E-state index contributed by atoms with van der Waals surface area (Å²) in [6, 6.07) is 12.4. The van der Waals surface area contributed by atoms with Gasteiger partial charge in [0.05, 0.1) is 30.8 Å². The lowest BCUT2D eigenvalue weighted by Crippen LogP contribution is -2.53. The van der Waals surface area contributed by atoms with Gasteiger partial charge in [-0.3, -0.25) is 14.4 Å². The second-order valence-electron chi connectivity index (χ2n) is 13.1. The molecule has 6 rings (SSSR count). The molecule has 0 aliphatic carbocycles. The Kier molecular flexibility index (Phi) is 12.3. The zero-order valence-corrected chi connectivity index (χ0v) is 29.3. The van der Waals surface area contributed by atoms with Gasteiger partial charge in [0.25, 0.3) is 11.8 Å². The number of para-hydroxylation sites is 2. The third-order valence-corrected chi connectivity index (χ3v) is 9.37. The summed E-state index contributed by atoms with van der Waals surface area (Å²) >= 11 is 0. The minimum absolute atomic E-state index is 0.0422. The monoisotopic (exact) mass is 728 g/mol. The van der Waals surface area contributed by atoms with Gasteiger partial charge in [0, 0.05) is 19.5 Å². The van der Waals surface area contributed by atoms with Crippen molar-refractivity contribution in [2.75, 3.05) is 26.2 Å². The SMILES string of the molecule is NCCCC[C@H](NC(=O)[C@@H]1C[C@@H](OC(=O)N2CCCCC2)CN1C(=O)C(NC(=O)OCc1ccccc1)c1cnc[nH]1)C(=O)c1nc2ccccc2o1. The number of nitrogens with one attached hydrogen (secondary N) is 3. The summed E-state index contributed by atoms with van der Waals surface area (Å²) in [6.45, 7) is 1.32. The van der Waals surface area contributed by atoms with Crippen molar-refractivity contribution in [1.82, 2.24) is 35.4 Å². The van der Waals surface area contributed by atoms with Crippen molar-refractivity contribution in [1.29, 1.82) is 0 Å². The summed E-state index contributed by atoms with van der Waals surface area (Å²) in [5.74, 6) is -2.01. The van der Waals surface area contributed by atoms with Crippen molar-refractivity contribution in [2.24, 2.45) is 5.73 Å². The molecule has 2 aromatic carbocycles. The molecule has 0 bridgehead atoms. The largest absolute Gasteiger partial charge is 0.445 e. The van der Waals surface area contributed by atoms with Crippen LogP contribution in [0, 0.1) is 0 Å². The number of alkyl carbamates (subject to hydrolysis) is 1. The Labute approximate surface area is 305 Å². The number of unbranched alkanes of at least 4 members (excludes halogenated alkanes) is 1. The van der Waals surface area contributed by atoms with Crippen LogP contribution in [-0.4, -0.2) is 98.9 Å². The molecule has 2 aliphatic rings. The molecule has 1 unspecified atom stereocenters. The van der Waals surface area contributed by atoms with Crippen LogP contribution in [0.25, 0.3) is 11.1 Å². The van der Waals surface area contributed by atoms with Gasteiger partial charge in [-0.15, -0.1) is 0 Å². The average Bonchev–Trinajstić information content (AvgIpc) is 3.97. The molecule has 16 heteroatoms. The van der Waals surface area contributed by atoms with Crippen molar-refractivity contribution in [2.45, 2.75) is 75.8 Å². The minimum atomic E-state index is -1.34. The number of oxazole rings is 1. The fraction of sp³-hybridized carbons (Fsp3) is 0.432. The number of carbonyl (C=O) groups excluding carboxylic acids is 5. The number of fused-ring (bicyclic) bond motifs is 1. The number of ether oxygens (including phenoxy) is 2. The minimum Gasteiger partial charge on any atom is -0.445 e. The number of hydrogen-bond donors (Lipinski definition) is 4. The highest BCUT2D eigenvalue weighted by atomic mass is 16.6. The number of hydrogen-bond acceptors (Lipinski definition) is 11. The number of nitrogens with zero attached hydrogens (tertiary/aromatic N) is 4. The van der Waals surface area contributed by atoms with Crippen molar-refractivity contribution < 1.29 is 37.9 Å². The molecular weight excluding hydrogens is 684 g/mol. The van der Waals surface area contributed by atoms with Gasteiger partial charge in [0.15, 0.2) is 11.6 Å². The molecule has 2 fully saturated rings. The summed E-state index contributed by atoms with van der Waals surface area (Å²) in [6.07, 6.45) is 4.53. The van der Waals surface area contributed by atoms with Crippen molar-refractivity contribution in [3.05, 3.63) is 84.3 Å². The molecule has 0 spiro atoms. The number of H-pyrrole nitrogens is 1. The predicted molar refractivity (Wildman–Crippen MR) is 190 cm³/mol. The fourth-order valence-corrected chi connectivity index (χ4v) is 6.57. The van der Waals surface area contributed by atoms with Crippen LogP contribution in [0.15, 0.2) is 71.5 Å². The van der Waals surface area contributed by atoms with E-state index in [0.717, 1.165) is 24.8 Å². The normalized spacial score (nSPS) is 18.3. The number of imidazole rings is 1. The molecule has 0 radical (unpaired) electrons. The van der Waals surface area contributed by atoms with E-state index >= 15 is 0 Å². The summed E-state index contributed by atoms with van der Waals surface area (Å²) in [4.78, 5) is 82.7. The Hall–Kier alpha value is -5.77. The number of rotatable bonds is 14. The summed E-state index contributed by atoms with van der Waals surface area (Å²) in [5.41, 5.74) is 7.63. The number of benzene rings is 2. The number of ketones is 1. The quantitative estimate of drug-likeness (QED) is 0.109. The lowest BCUT2D eigenvalue weighted by Gasteiger charge is -2.29. The Morgan fingerprint density at radius 3 is 2.49 bits per heavy atom. The van der Waals surface area contributed by atoms with Crippen LogP contribution >= 0.6 is 0 Å². The highest BCUT2D eigenvalue weighted by molar-refractivity contribution is 6.01. The zero-order valence-electron chi connectivity index (χ0n) is 29.3. The molecule has 5 N–H and O–H groups in total. The summed E-state index contributed by atoms with van der Waals surface area (Å²) in [5, 5.41) is 5.43. The Balaban J connectivity index is 1.23. The van der Waals surface area contributed by atoms with Gasteiger partial charge in [-0.05, 0) is 62.8 Å². The summed E-state index contributed by atoms with van der Waals surface area (Å²) < 4.78 is 17.0. The van der Waals surface area contributed by atoms with Crippen molar-refractivity contribution in [3.8, 4) is 0 Å². The smallest absolute Gasteiger partial charge is 0.410 e. The van der Waals surface area contributed by atoms with Gasteiger partial charge in [0.1, 0.15) is 24.3 Å². The van der Waals surface area contributed by atoms with E-state index in [0.29, 0.717) is 43.6 Å². The summed E-state index contributed by atoms with van der Waals surface area (Å²) in [7, 11) is 0. The molecule has 280 valence electrons. The maximum Gasteiger partial charge on any atom is 0.410 e. The number of piperidine rings is 1. The number of aromatic nitrogens is 3. The molecular formula is C37H44N8O8. The van der Waals surface area contributed by atoms with Gasteiger partial charge in [-0.1, -0.05) is 42.5 Å². The van der Waals surface area contributed by atoms with E-state index in [9.17, 15) is 24.0 Å². The van der Waals surface area contributed by atoms with Crippen LogP contribution in [0.3, 0.4) is 0 Å². The van der Waals surface area contributed by atoms with E-state index in [1.54, 1.807) is 41.3 Å². The molecule has 16 nitrogen and oxygen atoms in total. The highest BCUT2D eigenvalue weighted by Crippen LogP contribution is 2.27. The third-order valence-electron chi connectivity index (χ3n) is 9.37. The first-order valence-electron chi connectivity index (χ1n) is 17.9. The number of carbonyl (C=O) groups is 5. The van der Waals surface area contributed by atoms with Crippen molar-refractivity contribution in [3.63, 3.8) is 0 Å². The molecule has 4 aromatic rings. The maximum atomic E-state index is 14.4. The number of Topliss-reactive ketones (excluding diaryl/α,β-unsaturated/α-hetero) is 1. The molecule has 4 atom stereocenters. The Morgan fingerprint density at radius 2 is 1.75 bits per heavy atom. The maximum absolute atomic E-state index is 14.4. The number of aromatic amines is 1. The first kappa shape index (κ1) is 37.0. The van der Waals surface area contributed by atoms with E-state index in [2.05, 4.69) is 25.6 Å². The standard InChI is InChI=1S/C37H44N8O8/c38-16-8-7-14-27(32(46)34-42-26-13-5-6-15-30(26)53-34)41-33(47)29-19-25(52-37(50)44-17-9-2-10-18-44)21-45(29)35(48)31(28-20-39-23-40-28)43-36(49)51-22-24-11-3-1-4-12-24/h1,3-6,11-13,15,20,23,25,27,29,31H,2,7-10,14,16-19,21-22,38H2,(H,39,40)(H,41,47)(H,43,49)/t25-,27+,29+,31?/m1/s1. The molecule has 4 heterocycles. The average molecular weight is 729 g/mol. The van der Waals surface area contributed by atoms with Gasteiger partial charge in [-0.25, -0.2) is 19.6 Å². The first-order chi connectivity index (χ1) is 25.8. The van der Waals surface area contributed by atoms with E-state index < -0.39 is 54.0 Å². The highest BCUT2D eigenvalue weighted by Gasteiger charge is 2.45. The lowest BCUT2D eigenvalue weighted by molar-refractivity contribution is -0.140. The number of likely N-dealkylation sites (tertiary alicyclic amines) is 2. The van der Waals surface area contributed by atoms with Crippen LogP contribution in [0.2, 0.25) is 0 Å². The number of amides is 4. The van der Waals surface area contributed by atoms with E-state index in [1.165, 1.54) is 17.4 Å². The molecule has 2 aliphatic heterocycles. The second-order valence-corrected chi connectivity index (χ2v) is 13.1. The Bertz CT molecular complexity index is 1830. The van der Waals surface area contributed by atoms with Crippen molar-refractivity contribution >= 4 is 40.9 Å². The third kappa shape index (κ3) is 9.37. The molecule has 2 aromatic heterocycles. The van der Waals surface area contributed by atoms with Gasteiger partial charge >= 0.3 is 12.2 Å².